The molecule has 0 unspecified atom stereocenters. The molecule has 2 aromatic carbocycles. The zero-order chi connectivity index (χ0) is 19.4. The molecule has 0 atom stereocenters. The van der Waals surface area contributed by atoms with Crippen LogP contribution in [0.4, 0.5) is 30.2 Å². The number of rotatable bonds is 4. The first kappa shape index (κ1) is 17.9. The maximum absolute atomic E-state index is 13.7. The van der Waals surface area contributed by atoms with Gasteiger partial charge in [0, 0.05) is 17.6 Å². The SMILES string of the molecule is N#Cc1cccc(Nc2ccnc(C(=O)Nc3ccc(F)c(F)c3F)c2)c1. The van der Waals surface area contributed by atoms with Gasteiger partial charge in [-0.2, -0.15) is 5.26 Å². The Morgan fingerprint density at radius 2 is 1.78 bits per heavy atom. The van der Waals surface area contributed by atoms with Crippen LogP contribution in [0.2, 0.25) is 0 Å². The van der Waals surface area contributed by atoms with Gasteiger partial charge in [-0.25, -0.2) is 13.2 Å². The van der Waals surface area contributed by atoms with Gasteiger partial charge in [-0.05, 0) is 42.5 Å². The molecule has 27 heavy (non-hydrogen) atoms. The van der Waals surface area contributed by atoms with Crippen molar-refractivity contribution in [3.05, 3.63) is 83.4 Å². The summed E-state index contributed by atoms with van der Waals surface area (Å²) in [6.45, 7) is 0. The number of nitrogens with one attached hydrogen (secondary N) is 2. The predicted molar refractivity (Wildman–Crippen MR) is 92.9 cm³/mol. The number of amides is 1. The van der Waals surface area contributed by atoms with E-state index in [1.165, 1.54) is 12.3 Å². The fourth-order valence-corrected chi connectivity index (χ4v) is 2.27. The van der Waals surface area contributed by atoms with E-state index in [0.29, 0.717) is 23.0 Å². The van der Waals surface area contributed by atoms with Gasteiger partial charge in [0.2, 0.25) is 0 Å². The quantitative estimate of drug-likeness (QED) is 0.671. The van der Waals surface area contributed by atoms with Crippen LogP contribution < -0.4 is 10.6 Å². The molecule has 0 aliphatic rings. The van der Waals surface area contributed by atoms with Crippen molar-refractivity contribution < 1.29 is 18.0 Å². The van der Waals surface area contributed by atoms with E-state index < -0.39 is 29.0 Å². The van der Waals surface area contributed by atoms with Gasteiger partial charge in [0.1, 0.15) is 5.69 Å². The summed E-state index contributed by atoms with van der Waals surface area (Å²) >= 11 is 0. The summed E-state index contributed by atoms with van der Waals surface area (Å²) in [7, 11) is 0. The monoisotopic (exact) mass is 368 g/mol. The Balaban J connectivity index is 1.80. The highest BCUT2D eigenvalue weighted by atomic mass is 19.2. The van der Waals surface area contributed by atoms with Crippen molar-refractivity contribution in [2.45, 2.75) is 0 Å². The third-order valence-corrected chi connectivity index (χ3v) is 3.56. The summed E-state index contributed by atoms with van der Waals surface area (Å²) in [6, 6.07) is 13.3. The molecule has 0 radical (unpaired) electrons. The van der Waals surface area contributed by atoms with Crippen molar-refractivity contribution in [1.29, 1.82) is 5.26 Å². The number of carbonyl (C=O) groups excluding carboxylic acids is 1. The van der Waals surface area contributed by atoms with Crippen LogP contribution in [0, 0.1) is 28.8 Å². The molecule has 2 N–H and O–H groups in total. The van der Waals surface area contributed by atoms with E-state index in [4.69, 9.17) is 5.26 Å². The van der Waals surface area contributed by atoms with E-state index in [2.05, 4.69) is 15.6 Å². The maximum Gasteiger partial charge on any atom is 0.274 e. The minimum absolute atomic E-state index is 0.0689. The fraction of sp³-hybridized carbons (Fsp3) is 0. The Morgan fingerprint density at radius 3 is 2.56 bits per heavy atom. The second-order valence-electron chi connectivity index (χ2n) is 5.42. The molecule has 1 heterocycles. The number of halogens is 3. The summed E-state index contributed by atoms with van der Waals surface area (Å²) in [5.41, 5.74) is 1.01. The molecule has 5 nitrogen and oxygen atoms in total. The lowest BCUT2D eigenvalue weighted by molar-refractivity contribution is 0.102. The van der Waals surface area contributed by atoms with Crippen molar-refractivity contribution in [1.82, 2.24) is 4.98 Å². The van der Waals surface area contributed by atoms with Gasteiger partial charge in [0.15, 0.2) is 17.5 Å². The lowest BCUT2D eigenvalue weighted by atomic mass is 10.2. The molecule has 134 valence electrons. The van der Waals surface area contributed by atoms with Gasteiger partial charge >= 0.3 is 0 Å². The third kappa shape index (κ3) is 4.04. The number of carbonyl (C=O) groups is 1. The van der Waals surface area contributed by atoms with Gasteiger partial charge in [-0.15, -0.1) is 0 Å². The average Bonchev–Trinajstić information content (AvgIpc) is 2.68. The van der Waals surface area contributed by atoms with E-state index in [0.717, 1.165) is 6.07 Å². The van der Waals surface area contributed by atoms with Gasteiger partial charge in [-0.1, -0.05) is 6.07 Å². The van der Waals surface area contributed by atoms with Crippen molar-refractivity contribution in [2.75, 3.05) is 10.6 Å². The van der Waals surface area contributed by atoms with Gasteiger partial charge < -0.3 is 10.6 Å². The van der Waals surface area contributed by atoms with Crippen LogP contribution in [-0.2, 0) is 0 Å². The average molecular weight is 368 g/mol. The molecule has 0 saturated heterocycles. The minimum atomic E-state index is -1.67. The van der Waals surface area contributed by atoms with Crippen LogP contribution in [0.15, 0.2) is 54.7 Å². The minimum Gasteiger partial charge on any atom is -0.355 e. The first-order valence-corrected chi connectivity index (χ1v) is 7.66. The Hall–Kier alpha value is -3.86. The number of nitrogens with zero attached hydrogens (tertiary/aromatic N) is 2. The topological polar surface area (TPSA) is 77.8 Å². The molecular weight excluding hydrogens is 357 g/mol. The molecule has 1 amide bonds. The Kier molecular flexibility index (Phi) is 5.04. The van der Waals surface area contributed by atoms with E-state index in [9.17, 15) is 18.0 Å². The van der Waals surface area contributed by atoms with E-state index >= 15 is 0 Å². The van der Waals surface area contributed by atoms with E-state index in [-0.39, 0.29) is 5.69 Å². The molecule has 0 fully saturated rings. The number of anilines is 3. The second kappa shape index (κ2) is 7.58. The summed E-state index contributed by atoms with van der Waals surface area (Å²) in [5.74, 6) is -5.32. The molecule has 3 rings (SSSR count). The zero-order valence-electron chi connectivity index (χ0n) is 13.6. The highest BCUT2D eigenvalue weighted by Crippen LogP contribution is 2.21. The fourth-order valence-electron chi connectivity index (χ4n) is 2.27. The maximum atomic E-state index is 13.7. The Bertz CT molecular complexity index is 1060. The predicted octanol–water partition coefficient (Wildman–Crippen LogP) is 4.37. The molecular formula is C19H11F3N4O. The summed E-state index contributed by atoms with van der Waals surface area (Å²) in [4.78, 5) is 16.1. The van der Waals surface area contributed by atoms with Crippen LogP contribution in [-0.4, -0.2) is 10.9 Å². The van der Waals surface area contributed by atoms with Crippen LogP contribution >= 0.6 is 0 Å². The summed E-state index contributed by atoms with van der Waals surface area (Å²) < 4.78 is 39.9. The van der Waals surface area contributed by atoms with E-state index in [1.807, 2.05) is 6.07 Å². The largest absolute Gasteiger partial charge is 0.355 e. The van der Waals surface area contributed by atoms with Crippen molar-refractivity contribution in [3.8, 4) is 6.07 Å². The second-order valence-corrected chi connectivity index (χ2v) is 5.42. The zero-order valence-corrected chi connectivity index (χ0v) is 13.6. The molecule has 8 heteroatoms. The van der Waals surface area contributed by atoms with Crippen molar-refractivity contribution in [2.24, 2.45) is 0 Å². The summed E-state index contributed by atoms with van der Waals surface area (Å²) in [5, 5.41) is 14.1. The molecule has 3 aromatic rings. The lowest BCUT2D eigenvalue weighted by Gasteiger charge is -2.09. The number of hydrogen-bond donors (Lipinski definition) is 2. The normalized spacial score (nSPS) is 10.1. The molecule has 1 aromatic heterocycles. The van der Waals surface area contributed by atoms with E-state index in [1.54, 1.807) is 30.3 Å². The highest BCUT2D eigenvalue weighted by molar-refractivity contribution is 6.03. The number of benzene rings is 2. The van der Waals surface area contributed by atoms with Crippen LogP contribution in [0.3, 0.4) is 0 Å². The molecule has 0 aliphatic carbocycles. The standard InChI is InChI=1S/C19H11F3N4O/c20-14-4-5-15(18(22)17(14)21)26-19(27)16-9-13(6-7-24-16)25-12-3-1-2-11(8-12)10-23/h1-9H,(H,24,25)(H,26,27). The lowest BCUT2D eigenvalue weighted by Crippen LogP contribution is -2.15. The highest BCUT2D eigenvalue weighted by Gasteiger charge is 2.16. The molecule has 0 saturated carbocycles. The summed E-state index contributed by atoms with van der Waals surface area (Å²) in [6.07, 6.45) is 1.35. The molecule has 0 aliphatic heterocycles. The first-order chi connectivity index (χ1) is 13.0. The van der Waals surface area contributed by atoms with Crippen LogP contribution in [0.1, 0.15) is 16.1 Å². The van der Waals surface area contributed by atoms with Crippen LogP contribution in [0.25, 0.3) is 0 Å². The molecule has 0 spiro atoms. The van der Waals surface area contributed by atoms with Gasteiger partial charge in [-0.3, -0.25) is 9.78 Å². The number of nitriles is 1. The number of aromatic nitrogens is 1. The smallest absolute Gasteiger partial charge is 0.274 e. The van der Waals surface area contributed by atoms with Crippen molar-refractivity contribution in [3.63, 3.8) is 0 Å². The first-order valence-electron chi connectivity index (χ1n) is 7.66. The van der Waals surface area contributed by atoms with Crippen LogP contribution in [0.5, 0.6) is 0 Å². The number of pyridine rings is 1. The van der Waals surface area contributed by atoms with Gasteiger partial charge in [0.25, 0.3) is 5.91 Å². The third-order valence-electron chi connectivity index (χ3n) is 3.56. The number of hydrogen-bond acceptors (Lipinski definition) is 4. The van der Waals surface area contributed by atoms with Gasteiger partial charge in [0.05, 0.1) is 17.3 Å². The molecule has 0 bridgehead atoms. The Morgan fingerprint density at radius 1 is 1.00 bits per heavy atom. The van der Waals surface area contributed by atoms with Crippen molar-refractivity contribution >= 4 is 23.0 Å². The Labute approximate surface area is 152 Å².